The molecule has 2 aliphatic carbocycles. The molecule has 1 fully saturated rings. The summed E-state index contributed by atoms with van der Waals surface area (Å²) in [6, 6.07) is 22.7. The molecule has 5 nitrogen and oxygen atoms in total. The van der Waals surface area contributed by atoms with Gasteiger partial charge < -0.3 is 9.84 Å². The number of hydrogen-bond donors (Lipinski definition) is 1. The van der Waals surface area contributed by atoms with Crippen molar-refractivity contribution < 1.29 is 19.4 Å². The molecular formula is C27H25NO4. The second-order valence-corrected chi connectivity index (χ2v) is 8.60. The van der Waals surface area contributed by atoms with Crippen LogP contribution in [0.1, 0.15) is 53.0 Å². The number of rotatable bonds is 6. The van der Waals surface area contributed by atoms with Crippen LogP contribution in [0.4, 0.5) is 4.79 Å². The molecule has 5 rings (SSSR count). The van der Waals surface area contributed by atoms with Gasteiger partial charge in [0.25, 0.3) is 0 Å². The van der Waals surface area contributed by atoms with E-state index in [0.717, 1.165) is 40.7 Å². The Morgan fingerprint density at radius 1 is 0.969 bits per heavy atom. The van der Waals surface area contributed by atoms with E-state index in [1.54, 1.807) is 6.07 Å². The molecule has 0 aromatic heterocycles. The van der Waals surface area contributed by atoms with E-state index in [9.17, 15) is 14.7 Å². The second-order valence-electron chi connectivity index (χ2n) is 8.60. The van der Waals surface area contributed by atoms with E-state index < -0.39 is 18.1 Å². The zero-order valence-corrected chi connectivity index (χ0v) is 17.9. The molecule has 1 unspecified atom stereocenters. The van der Waals surface area contributed by atoms with Gasteiger partial charge in [0.1, 0.15) is 6.61 Å². The Morgan fingerprint density at radius 3 is 2.19 bits per heavy atom. The zero-order chi connectivity index (χ0) is 22.2. The summed E-state index contributed by atoms with van der Waals surface area (Å²) in [6.07, 6.45) is 1.61. The first kappa shape index (κ1) is 20.3. The number of likely N-dealkylation sites (N-methyl/N-ethyl adjacent to an activating group) is 1. The van der Waals surface area contributed by atoms with Gasteiger partial charge in [-0.2, -0.15) is 0 Å². The minimum Gasteiger partial charge on any atom is -0.479 e. The lowest BCUT2D eigenvalue weighted by Crippen LogP contribution is -2.36. The van der Waals surface area contributed by atoms with Gasteiger partial charge in [-0.3, -0.25) is 4.90 Å². The summed E-state index contributed by atoms with van der Waals surface area (Å²) in [5.41, 5.74) is 6.27. The van der Waals surface area contributed by atoms with Gasteiger partial charge in [-0.15, -0.1) is 0 Å². The Labute approximate surface area is 187 Å². The van der Waals surface area contributed by atoms with Crippen LogP contribution in [0.2, 0.25) is 0 Å². The highest BCUT2D eigenvalue weighted by Gasteiger charge is 2.33. The van der Waals surface area contributed by atoms with E-state index in [1.807, 2.05) is 42.5 Å². The lowest BCUT2D eigenvalue weighted by Gasteiger charge is -2.26. The number of carbonyl (C=O) groups is 2. The Kier molecular flexibility index (Phi) is 5.17. The lowest BCUT2D eigenvalue weighted by atomic mass is 9.98. The molecule has 32 heavy (non-hydrogen) atoms. The predicted octanol–water partition coefficient (Wildman–Crippen LogP) is 5.57. The van der Waals surface area contributed by atoms with Gasteiger partial charge in [0.15, 0.2) is 6.04 Å². The lowest BCUT2D eigenvalue weighted by molar-refractivity contribution is -0.142. The minimum absolute atomic E-state index is 0.0683. The maximum atomic E-state index is 12.9. The molecule has 1 atom stereocenters. The first-order valence-corrected chi connectivity index (χ1v) is 10.9. The van der Waals surface area contributed by atoms with Crippen molar-refractivity contribution in [1.82, 2.24) is 4.90 Å². The van der Waals surface area contributed by atoms with Crippen LogP contribution < -0.4 is 0 Å². The molecule has 0 spiro atoms. The molecule has 0 aliphatic heterocycles. The quantitative estimate of drug-likeness (QED) is 0.558. The maximum absolute atomic E-state index is 12.9. The van der Waals surface area contributed by atoms with Crippen molar-refractivity contribution in [3.05, 3.63) is 95.1 Å². The Bertz CT molecular complexity index is 1140. The van der Waals surface area contributed by atoms with Crippen LogP contribution >= 0.6 is 0 Å². The highest BCUT2D eigenvalue weighted by atomic mass is 16.6. The number of carboxylic acid groups (broad SMARTS) is 1. The van der Waals surface area contributed by atoms with Crippen LogP contribution in [0.3, 0.4) is 0 Å². The third-order valence-electron chi connectivity index (χ3n) is 6.52. The molecule has 0 heterocycles. The van der Waals surface area contributed by atoms with E-state index in [2.05, 4.69) is 24.3 Å². The van der Waals surface area contributed by atoms with Crippen molar-refractivity contribution in [3.63, 3.8) is 0 Å². The molecule has 2 aliphatic rings. The molecule has 3 aromatic rings. The van der Waals surface area contributed by atoms with Gasteiger partial charge in [-0.25, -0.2) is 9.59 Å². The molecule has 1 N–H and O–H groups in total. The Hall–Kier alpha value is -3.60. The minimum atomic E-state index is -1.09. The SMILES string of the molecule is CN(C(=O)OCC1c2ccccc2-c2ccccc21)C(C(=O)O)c1cccc(C2CC2)c1. The van der Waals surface area contributed by atoms with Gasteiger partial charge in [0.2, 0.25) is 0 Å². The van der Waals surface area contributed by atoms with Crippen LogP contribution in [0, 0.1) is 0 Å². The molecule has 1 saturated carbocycles. The van der Waals surface area contributed by atoms with Gasteiger partial charge in [-0.05, 0) is 52.1 Å². The van der Waals surface area contributed by atoms with E-state index in [-0.39, 0.29) is 12.5 Å². The van der Waals surface area contributed by atoms with E-state index in [1.165, 1.54) is 11.9 Å². The summed E-state index contributed by atoms with van der Waals surface area (Å²) < 4.78 is 5.67. The van der Waals surface area contributed by atoms with Gasteiger partial charge in [-0.1, -0.05) is 72.8 Å². The fraction of sp³-hybridized carbons (Fsp3) is 0.259. The molecule has 0 radical (unpaired) electrons. The third kappa shape index (κ3) is 3.64. The van der Waals surface area contributed by atoms with Crippen LogP contribution in [0.25, 0.3) is 11.1 Å². The third-order valence-corrected chi connectivity index (χ3v) is 6.52. The van der Waals surface area contributed by atoms with Crippen LogP contribution in [0.5, 0.6) is 0 Å². The number of hydrogen-bond acceptors (Lipinski definition) is 3. The number of nitrogens with zero attached hydrogens (tertiary/aromatic N) is 1. The normalized spacial score (nSPS) is 15.5. The number of aliphatic carboxylic acids is 1. The fourth-order valence-electron chi connectivity index (χ4n) is 4.73. The molecular weight excluding hydrogens is 402 g/mol. The average molecular weight is 428 g/mol. The predicted molar refractivity (Wildman–Crippen MR) is 122 cm³/mol. The summed E-state index contributed by atoms with van der Waals surface area (Å²) in [4.78, 5) is 26.2. The summed E-state index contributed by atoms with van der Waals surface area (Å²) in [7, 11) is 1.49. The number of carbonyl (C=O) groups excluding carboxylic acids is 1. The highest BCUT2D eigenvalue weighted by Crippen LogP contribution is 2.44. The van der Waals surface area contributed by atoms with E-state index >= 15 is 0 Å². The monoisotopic (exact) mass is 427 g/mol. The smallest absolute Gasteiger partial charge is 0.410 e. The average Bonchev–Trinajstić information content (AvgIpc) is 3.61. The maximum Gasteiger partial charge on any atom is 0.410 e. The molecule has 1 amide bonds. The van der Waals surface area contributed by atoms with E-state index in [0.29, 0.717) is 11.5 Å². The number of ether oxygens (including phenoxy) is 1. The molecule has 0 saturated heterocycles. The summed E-state index contributed by atoms with van der Waals surface area (Å²) in [5, 5.41) is 9.88. The Morgan fingerprint density at radius 2 is 1.59 bits per heavy atom. The zero-order valence-electron chi connectivity index (χ0n) is 17.9. The van der Waals surface area contributed by atoms with Crippen molar-refractivity contribution >= 4 is 12.1 Å². The first-order valence-electron chi connectivity index (χ1n) is 10.9. The van der Waals surface area contributed by atoms with Gasteiger partial charge >= 0.3 is 12.1 Å². The second kappa shape index (κ2) is 8.15. The van der Waals surface area contributed by atoms with E-state index in [4.69, 9.17) is 4.74 Å². The topological polar surface area (TPSA) is 66.8 Å². The van der Waals surface area contributed by atoms with Crippen molar-refractivity contribution in [2.24, 2.45) is 0 Å². The highest BCUT2D eigenvalue weighted by molar-refractivity contribution is 5.82. The molecule has 162 valence electrons. The van der Waals surface area contributed by atoms with Crippen molar-refractivity contribution in [1.29, 1.82) is 0 Å². The van der Waals surface area contributed by atoms with Crippen molar-refractivity contribution in [2.75, 3.05) is 13.7 Å². The first-order chi connectivity index (χ1) is 15.5. The standard InChI is InChI=1S/C27H25NO4/c1-28(25(26(29)30)19-8-6-7-18(15-19)17-13-14-17)27(31)32-16-24-22-11-4-2-9-20(22)21-10-3-5-12-23(21)24/h2-12,15,17,24-25H,13-14,16H2,1H3,(H,29,30). The van der Waals surface area contributed by atoms with Crippen molar-refractivity contribution in [2.45, 2.75) is 30.7 Å². The van der Waals surface area contributed by atoms with Crippen LogP contribution in [-0.4, -0.2) is 35.7 Å². The molecule has 0 bridgehead atoms. The number of carboxylic acids is 1. The largest absolute Gasteiger partial charge is 0.479 e. The van der Waals surface area contributed by atoms with Crippen LogP contribution in [-0.2, 0) is 9.53 Å². The van der Waals surface area contributed by atoms with Crippen molar-refractivity contribution in [3.8, 4) is 11.1 Å². The van der Waals surface area contributed by atoms with Gasteiger partial charge in [0, 0.05) is 13.0 Å². The summed E-state index contributed by atoms with van der Waals surface area (Å²) in [5.74, 6) is -0.640. The van der Waals surface area contributed by atoms with Crippen LogP contribution in [0.15, 0.2) is 72.8 Å². The summed E-state index contributed by atoms with van der Waals surface area (Å²) >= 11 is 0. The fourth-order valence-corrected chi connectivity index (χ4v) is 4.73. The molecule has 3 aromatic carbocycles. The molecule has 5 heteroatoms. The number of fused-ring (bicyclic) bond motifs is 3. The Balaban J connectivity index is 1.34. The number of amides is 1. The van der Waals surface area contributed by atoms with Gasteiger partial charge in [0.05, 0.1) is 0 Å². The number of benzene rings is 3. The summed E-state index contributed by atoms with van der Waals surface area (Å²) in [6.45, 7) is 0.158.